The number of nitrogens with one attached hydrogen (secondary N) is 1. The number of carbonyl (C=O) groups is 1. The van der Waals surface area contributed by atoms with Crippen molar-refractivity contribution in [3.63, 3.8) is 0 Å². The SMILES string of the molecule is CCc1noc(-c2ccc(CCNC(=O)c3cccc(-n4ccnc4SC)c3)cc2)n1. The minimum atomic E-state index is -0.0951. The smallest absolute Gasteiger partial charge is 0.257 e. The highest BCUT2D eigenvalue weighted by Crippen LogP contribution is 2.20. The summed E-state index contributed by atoms with van der Waals surface area (Å²) in [6, 6.07) is 15.5. The van der Waals surface area contributed by atoms with Crippen molar-refractivity contribution < 1.29 is 9.32 Å². The van der Waals surface area contributed by atoms with Crippen LogP contribution in [0.2, 0.25) is 0 Å². The van der Waals surface area contributed by atoms with Crippen molar-refractivity contribution in [2.45, 2.75) is 24.9 Å². The van der Waals surface area contributed by atoms with E-state index in [-0.39, 0.29) is 5.91 Å². The topological polar surface area (TPSA) is 85.8 Å². The molecule has 158 valence electrons. The highest BCUT2D eigenvalue weighted by Gasteiger charge is 2.10. The Bertz CT molecular complexity index is 1170. The van der Waals surface area contributed by atoms with E-state index >= 15 is 0 Å². The number of hydrogen-bond acceptors (Lipinski definition) is 6. The first-order valence-corrected chi connectivity index (χ1v) is 11.3. The Morgan fingerprint density at radius 2 is 2.03 bits per heavy atom. The standard InChI is InChI=1S/C23H23N5O2S/c1-3-20-26-22(30-27-20)17-9-7-16(8-10-17)11-12-24-21(29)18-5-4-6-19(15-18)28-14-13-25-23(28)31-2/h4-10,13-15H,3,11-12H2,1-2H3,(H,24,29). The van der Waals surface area contributed by atoms with Crippen LogP contribution in [0.5, 0.6) is 0 Å². The molecule has 0 fully saturated rings. The van der Waals surface area contributed by atoms with Crippen LogP contribution in [-0.2, 0) is 12.8 Å². The molecular weight excluding hydrogens is 410 g/mol. The molecule has 2 aromatic heterocycles. The van der Waals surface area contributed by atoms with E-state index in [9.17, 15) is 4.79 Å². The molecule has 2 heterocycles. The molecule has 1 amide bonds. The van der Waals surface area contributed by atoms with Crippen molar-refractivity contribution >= 4 is 17.7 Å². The normalized spacial score (nSPS) is 10.9. The number of imidazole rings is 1. The lowest BCUT2D eigenvalue weighted by Crippen LogP contribution is -2.25. The van der Waals surface area contributed by atoms with Gasteiger partial charge in [0.15, 0.2) is 11.0 Å². The van der Waals surface area contributed by atoms with Gasteiger partial charge in [-0.3, -0.25) is 9.36 Å². The van der Waals surface area contributed by atoms with E-state index in [1.165, 1.54) is 0 Å². The van der Waals surface area contributed by atoms with Gasteiger partial charge >= 0.3 is 0 Å². The van der Waals surface area contributed by atoms with Crippen molar-refractivity contribution in [1.29, 1.82) is 0 Å². The largest absolute Gasteiger partial charge is 0.352 e. The van der Waals surface area contributed by atoms with Crippen LogP contribution in [0.1, 0.15) is 28.7 Å². The molecule has 31 heavy (non-hydrogen) atoms. The van der Waals surface area contributed by atoms with Gasteiger partial charge in [-0.2, -0.15) is 4.98 Å². The summed E-state index contributed by atoms with van der Waals surface area (Å²) in [5, 5.41) is 7.80. The van der Waals surface area contributed by atoms with Gasteiger partial charge in [-0.05, 0) is 48.6 Å². The zero-order valence-electron chi connectivity index (χ0n) is 17.4. The minimum Gasteiger partial charge on any atom is -0.352 e. The van der Waals surface area contributed by atoms with Crippen LogP contribution in [-0.4, -0.2) is 38.4 Å². The Kier molecular flexibility index (Phi) is 6.47. The molecular formula is C23H23N5O2S. The number of amides is 1. The maximum atomic E-state index is 12.6. The third kappa shape index (κ3) is 4.86. The number of benzene rings is 2. The lowest BCUT2D eigenvalue weighted by Gasteiger charge is -2.09. The average molecular weight is 434 g/mol. The predicted octanol–water partition coefficient (Wildman–Crippen LogP) is 4.18. The summed E-state index contributed by atoms with van der Waals surface area (Å²) in [6.45, 7) is 2.53. The third-order valence-electron chi connectivity index (χ3n) is 4.86. The lowest BCUT2D eigenvalue weighted by molar-refractivity contribution is 0.0954. The fourth-order valence-electron chi connectivity index (χ4n) is 3.19. The first-order valence-electron chi connectivity index (χ1n) is 10.1. The molecule has 0 atom stereocenters. The van der Waals surface area contributed by atoms with Gasteiger partial charge in [0.05, 0.1) is 0 Å². The molecule has 8 heteroatoms. The van der Waals surface area contributed by atoms with Gasteiger partial charge in [0.1, 0.15) is 0 Å². The van der Waals surface area contributed by atoms with Crippen molar-refractivity contribution in [3.05, 3.63) is 77.9 Å². The van der Waals surface area contributed by atoms with Crippen molar-refractivity contribution in [2.24, 2.45) is 0 Å². The van der Waals surface area contributed by atoms with Gasteiger partial charge < -0.3 is 9.84 Å². The Balaban J connectivity index is 1.34. The summed E-state index contributed by atoms with van der Waals surface area (Å²) >= 11 is 1.56. The second kappa shape index (κ2) is 9.61. The first-order chi connectivity index (χ1) is 15.2. The van der Waals surface area contributed by atoms with Gasteiger partial charge in [0, 0.05) is 42.2 Å². The summed E-state index contributed by atoms with van der Waals surface area (Å²) in [7, 11) is 0. The third-order valence-corrected chi connectivity index (χ3v) is 5.53. The molecule has 0 spiro atoms. The van der Waals surface area contributed by atoms with Crippen LogP contribution >= 0.6 is 11.8 Å². The zero-order chi connectivity index (χ0) is 21.6. The number of rotatable bonds is 8. The second-order valence-electron chi connectivity index (χ2n) is 6.91. The highest BCUT2D eigenvalue weighted by molar-refractivity contribution is 7.98. The minimum absolute atomic E-state index is 0.0951. The van der Waals surface area contributed by atoms with Crippen LogP contribution < -0.4 is 5.32 Å². The molecule has 0 unspecified atom stereocenters. The van der Waals surface area contributed by atoms with E-state index in [1.807, 2.05) is 72.5 Å². The summed E-state index contributed by atoms with van der Waals surface area (Å²) in [5.41, 5.74) is 3.55. The fourth-order valence-corrected chi connectivity index (χ4v) is 3.71. The number of aromatic nitrogens is 4. The van der Waals surface area contributed by atoms with Gasteiger partial charge in [-0.15, -0.1) is 0 Å². The Morgan fingerprint density at radius 1 is 1.19 bits per heavy atom. The van der Waals surface area contributed by atoms with Gasteiger partial charge in [0.25, 0.3) is 11.8 Å². The molecule has 1 N–H and O–H groups in total. The fraction of sp³-hybridized carbons (Fsp3) is 0.217. The molecule has 4 rings (SSSR count). The van der Waals surface area contributed by atoms with E-state index in [4.69, 9.17) is 4.52 Å². The molecule has 0 aliphatic rings. The molecule has 4 aromatic rings. The van der Waals surface area contributed by atoms with Gasteiger partial charge in [0.2, 0.25) is 0 Å². The number of hydrogen-bond donors (Lipinski definition) is 1. The lowest BCUT2D eigenvalue weighted by atomic mass is 10.1. The number of nitrogens with zero attached hydrogens (tertiary/aromatic N) is 4. The quantitative estimate of drug-likeness (QED) is 0.420. The molecule has 0 saturated heterocycles. The molecule has 7 nitrogen and oxygen atoms in total. The van der Waals surface area contributed by atoms with Crippen molar-refractivity contribution in [2.75, 3.05) is 12.8 Å². The zero-order valence-corrected chi connectivity index (χ0v) is 18.2. The summed E-state index contributed by atoms with van der Waals surface area (Å²) in [5.74, 6) is 1.13. The van der Waals surface area contributed by atoms with Gasteiger partial charge in [-0.1, -0.05) is 42.0 Å². The molecule has 0 aliphatic heterocycles. The average Bonchev–Trinajstić information content (AvgIpc) is 3.49. The summed E-state index contributed by atoms with van der Waals surface area (Å²) < 4.78 is 7.24. The van der Waals surface area contributed by atoms with E-state index in [2.05, 4.69) is 20.4 Å². The Hall–Kier alpha value is -3.39. The maximum Gasteiger partial charge on any atom is 0.257 e. The molecule has 0 saturated carbocycles. The van der Waals surface area contributed by atoms with Crippen LogP contribution in [0.3, 0.4) is 0 Å². The Labute approximate surface area is 184 Å². The molecule has 0 aliphatic carbocycles. The highest BCUT2D eigenvalue weighted by atomic mass is 32.2. The van der Waals surface area contributed by atoms with Crippen LogP contribution in [0.15, 0.2) is 70.6 Å². The number of carbonyl (C=O) groups excluding carboxylic acids is 1. The van der Waals surface area contributed by atoms with Gasteiger partial charge in [-0.25, -0.2) is 4.98 Å². The number of thioether (sulfide) groups is 1. The van der Waals surface area contributed by atoms with E-state index in [0.29, 0.717) is 23.8 Å². The molecule has 0 radical (unpaired) electrons. The van der Waals surface area contributed by atoms with Crippen molar-refractivity contribution in [1.82, 2.24) is 25.0 Å². The van der Waals surface area contributed by atoms with Crippen LogP contribution in [0, 0.1) is 0 Å². The second-order valence-corrected chi connectivity index (χ2v) is 7.68. The van der Waals surface area contributed by atoms with E-state index in [1.54, 1.807) is 18.0 Å². The van der Waals surface area contributed by atoms with Crippen molar-refractivity contribution in [3.8, 4) is 17.1 Å². The predicted molar refractivity (Wildman–Crippen MR) is 120 cm³/mol. The summed E-state index contributed by atoms with van der Waals surface area (Å²) in [6.07, 6.45) is 7.10. The summed E-state index contributed by atoms with van der Waals surface area (Å²) in [4.78, 5) is 21.3. The number of aryl methyl sites for hydroxylation is 1. The van der Waals surface area contributed by atoms with Crippen LogP contribution in [0.4, 0.5) is 0 Å². The monoisotopic (exact) mass is 433 g/mol. The Morgan fingerprint density at radius 3 is 2.77 bits per heavy atom. The molecule has 2 aromatic carbocycles. The van der Waals surface area contributed by atoms with E-state index < -0.39 is 0 Å². The van der Waals surface area contributed by atoms with E-state index in [0.717, 1.165) is 34.8 Å². The van der Waals surface area contributed by atoms with Crippen LogP contribution in [0.25, 0.3) is 17.1 Å². The molecule has 0 bridgehead atoms. The maximum absolute atomic E-state index is 12.6. The first kappa shape index (κ1) is 20.9.